The Morgan fingerprint density at radius 2 is 1.11 bits per heavy atom. The van der Waals surface area contributed by atoms with Gasteiger partial charge in [-0.1, -0.05) is 133 Å². The quantitative estimate of drug-likeness (QED) is 0.0236. The summed E-state index contributed by atoms with van der Waals surface area (Å²) in [5.41, 5.74) is 1.98. The first-order chi connectivity index (χ1) is 33.7. The lowest BCUT2D eigenvalue weighted by Crippen LogP contribution is -2.73. The van der Waals surface area contributed by atoms with Crippen molar-refractivity contribution in [3.05, 3.63) is 197 Å². The van der Waals surface area contributed by atoms with Crippen molar-refractivity contribution in [3.8, 4) is 17.2 Å². The molecule has 0 heterocycles. The maximum atomic E-state index is 17.1. The van der Waals surface area contributed by atoms with E-state index in [9.17, 15) is 14.7 Å². The summed E-state index contributed by atoms with van der Waals surface area (Å²) < 4.78 is 23.7. The van der Waals surface area contributed by atoms with E-state index in [1.807, 2.05) is 0 Å². The summed E-state index contributed by atoms with van der Waals surface area (Å²) in [6.45, 7) is 2.84. The Labute approximate surface area is 413 Å². The highest BCUT2D eigenvalue weighted by atomic mass is 32.1. The zero-order chi connectivity index (χ0) is 50.5. The lowest BCUT2D eigenvalue weighted by Gasteiger charge is -2.53. The number of thiol groups is 1. The molecule has 0 bridgehead atoms. The molecule has 0 aliphatic carbocycles. The monoisotopic (exact) mass is 966 g/mol. The number of hydrogen-bond donors (Lipinski definition) is 5. The second-order valence-electron chi connectivity index (χ2n) is 16.9. The number of ether oxygens (including phenoxy) is 4. The van der Waals surface area contributed by atoms with Crippen LogP contribution in [-0.4, -0.2) is 90.9 Å². The summed E-state index contributed by atoms with van der Waals surface area (Å²) in [4.78, 5) is 77.7. The van der Waals surface area contributed by atoms with Gasteiger partial charge in [-0.15, -0.1) is 0 Å². The van der Waals surface area contributed by atoms with Crippen molar-refractivity contribution in [2.75, 3.05) is 33.6 Å². The Morgan fingerprint density at radius 1 is 0.629 bits per heavy atom. The SMILES string of the molecule is COC(=O)[C@@](Cc1ccccc1)(C(=O)OC(C)(C)c1cc(OC)cc(OC)c1)N(C(=O)C(Cc1ccc(O)cc1)NC(=O)C(CS)NC(=O)CN)C(c1ccccc1)(c1ccccc1)c1ccccc1. The van der Waals surface area contributed by atoms with Gasteiger partial charge in [0.1, 0.15) is 40.5 Å². The van der Waals surface area contributed by atoms with Crippen LogP contribution in [-0.2, 0) is 57.4 Å². The average molecular weight is 967 g/mol. The molecule has 14 nitrogen and oxygen atoms in total. The van der Waals surface area contributed by atoms with Crippen molar-refractivity contribution in [1.82, 2.24) is 15.5 Å². The number of phenolic OH excluding ortho intramolecular Hbond substituents is 1. The summed E-state index contributed by atoms with van der Waals surface area (Å²) in [5, 5.41) is 15.8. The number of hydrogen-bond acceptors (Lipinski definition) is 12. The van der Waals surface area contributed by atoms with Gasteiger partial charge in [0.05, 0.1) is 27.9 Å². The van der Waals surface area contributed by atoms with Crippen molar-refractivity contribution in [2.24, 2.45) is 5.73 Å². The zero-order valence-electron chi connectivity index (χ0n) is 39.7. The van der Waals surface area contributed by atoms with Gasteiger partial charge in [-0.05, 0) is 65.9 Å². The Morgan fingerprint density at radius 3 is 1.56 bits per heavy atom. The van der Waals surface area contributed by atoms with Crippen LogP contribution in [0, 0.1) is 0 Å². The molecule has 3 atom stereocenters. The number of methoxy groups -OCH3 is 3. The van der Waals surface area contributed by atoms with Gasteiger partial charge in [-0.3, -0.25) is 19.3 Å². The van der Waals surface area contributed by atoms with E-state index in [-0.39, 0.29) is 17.9 Å². The van der Waals surface area contributed by atoms with Gasteiger partial charge in [-0.2, -0.15) is 12.6 Å². The summed E-state index contributed by atoms with van der Waals surface area (Å²) in [5.74, 6) is -4.23. The van der Waals surface area contributed by atoms with E-state index < -0.39 is 71.4 Å². The van der Waals surface area contributed by atoms with Crippen LogP contribution in [0.3, 0.4) is 0 Å². The Kier molecular flexibility index (Phi) is 17.1. The van der Waals surface area contributed by atoms with E-state index in [1.54, 1.807) is 166 Å². The van der Waals surface area contributed by atoms with Gasteiger partial charge in [0.2, 0.25) is 23.3 Å². The van der Waals surface area contributed by atoms with Gasteiger partial charge in [0.15, 0.2) is 0 Å². The Hall–Kier alpha value is -7.62. The summed E-state index contributed by atoms with van der Waals surface area (Å²) >= 11 is 4.37. The molecule has 15 heteroatoms. The smallest absolute Gasteiger partial charge is 0.345 e. The van der Waals surface area contributed by atoms with Gasteiger partial charge < -0.3 is 40.4 Å². The molecule has 70 heavy (non-hydrogen) atoms. The topological polar surface area (TPSA) is 196 Å². The molecule has 0 radical (unpaired) electrons. The summed E-state index contributed by atoms with van der Waals surface area (Å²) in [6.07, 6.45) is -0.769. The van der Waals surface area contributed by atoms with Gasteiger partial charge in [0, 0.05) is 30.2 Å². The highest BCUT2D eigenvalue weighted by molar-refractivity contribution is 7.80. The molecule has 3 amide bonds. The number of amides is 3. The van der Waals surface area contributed by atoms with Crippen LogP contribution >= 0.6 is 12.6 Å². The van der Waals surface area contributed by atoms with Crippen LogP contribution in [0.4, 0.5) is 0 Å². The minimum absolute atomic E-state index is 0.0558. The molecule has 0 fully saturated rings. The number of rotatable bonds is 21. The van der Waals surface area contributed by atoms with Crippen molar-refractivity contribution < 1.29 is 48.0 Å². The molecule has 0 aromatic heterocycles. The Balaban J connectivity index is 1.79. The van der Waals surface area contributed by atoms with E-state index in [4.69, 9.17) is 24.7 Å². The number of aromatic hydroxyl groups is 1. The molecule has 6 rings (SSSR count). The molecule has 6 aromatic rings. The van der Waals surface area contributed by atoms with Gasteiger partial charge in [-0.25, -0.2) is 9.59 Å². The van der Waals surface area contributed by atoms with E-state index in [1.165, 1.54) is 31.3 Å². The van der Waals surface area contributed by atoms with Crippen LogP contribution in [0.2, 0.25) is 0 Å². The highest BCUT2D eigenvalue weighted by Crippen LogP contribution is 2.49. The lowest BCUT2D eigenvalue weighted by molar-refractivity contribution is -0.191. The molecule has 6 aromatic carbocycles. The summed E-state index contributed by atoms with van der Waals surface area (Å²) in [6, 6.07) is 43.6. The van der Waals surface area contributed by atoms with Crippen molar-refractivity contribution >= 4 is 42.3 Å². The zero-order valence-corrected chi connectivity index (χ0v) is 40.6. The number of carbonyl (C=O) groups is 5. The van der Waals surface area contributed by atoms with E-state index in [0.29, 0.717) is 44.9 Å². The third-order valence-electron chi connectivity index (χ3n) is 12.1. The van der Waals surface area contributed by atoms with Crippen LogP contribution in [0.5, 0.6) is 17.2 Å². The molecule has 2 unspecified atom stereocenters. The van der Waals surface area contributed by atoms with E-state index in [0.717, 1.165) is 7.11 Å². The molecule has 364 valence electrons. The predicted octanol–water partition coefficient (Wildman–Crippen LogP) is 6.26. The first-order valence-electron chi connectivity index (χ1n) is 22.5. The highest BCUT2D eigenvalue weighted by Gasteiger charge is 2.65. The van der Waals surface area contributed by atoms with E-state index >= 15 is 14.4 Å². The fraction of sp³-hybridized carbons (Fsp3) is 0.255. The molecule has 0 aliphatic rings. The average Bonchev–Trinajstić information content (AvgIpc) is 3.39. The third kappa shape index (κ3) is 11.1. The molecular weight excluding hydrogens is 909 g/mol. The Bertz CT molecular complexity index is 2610. The first kappa shape index (κ1) is 51.8. The van der Waals surface area contributed by atoms with Gasteiger partial charge >= 0.3 is 11.9 Å². The summed E-state index contributed by atoms with van der Waals surface area (Å²) in [7, 11) is 4.09. The standard InChI is InChI=1S/C55H58N4O10S/c1-53(2,42-31-44(66-3)33-45(32-42)67-4)69-52(65)54(51(64)68-5,34-38-18-10-6-11-19-38)59(55(39-20-12-7-13-21-39,40-22-14-8-15-23-40)41-24-16-9-17-25-41)50(63)46(30-37-26-28-43(60)29-27-37)58-49(62)47(36-70)57-48(61)35-56/h6-29,31-33,46-47,60,70H,30,34-36,56H2,1-5H3,(H,57,61)(H,58,62)/t46?,47?,54-/m0/s1. The van der Waals surface area contributed by atoms with Gasteiger partial charge in [0.25, 0.3) is 0 Å². The largest absolute Gasteiger partial charge is 0.508 e. The molecule has 0 saturated heterocycles. The number of nitrogens with one attached hydrogen (secondary N) is 2. The van der Waals surface area contributed by atoms with Crippen LogP contribution < -0.4 is 25.8 Å². The molecular formula is C55H58N4O10S. The fourth-order valence-corrected chi connectivity index (χ4v) is 8.85. The molecule has 0 spiro atoms. The number of carbonyl (C=O) groups excluding carboxylic acids is 5. The molecule has 0 saturated carbocycles. The van der Waals surface area contributed by atoms with Crippen molar-refractivity contribution in [3.63, 3.8) is 0 Å². The molecule has 5 N–H and O–H groups in total. The van der Waals surface area contributed by atoms with Crippen LogP contribution in [0.1, 0.15) is 47.2 Å². The molecule has 0 aliphatic heterocycles. The van der Waals surface area contributed by atoms with Crippen molar-refractivity contribution in [2.45, 2.75) is 55.5 Å². The number of nitrogens with two attached hydrogens (primary N) is 1. The number of nitrogens with zero attached hydrogens (tertiary/aromatic N) is 1. The number of esters is 2. The third-order valence-corrected chi connectivity index (χ3v) is 12.4. The number of benzene rings is 6. The van der Waals surface area contributed by atoms with Crippen LogP contribution in [0.25, 0.3) is 0 Å². The van der Waals surface area contributed by atoms with Crippen LogP contribution in [0.15, 0.2) is 164 Å². The first-order valence-corrected chi connectivity index (χ1v) is 23.1. The maximum absolute atomic E-state index is 17.1. The second kappa shape index (κ2) is 23.1. The van der Waals surface area contributed by atoms with Crippen molar-refractivity contribution in [1.29, 1.82) is 0 Å². The minimum Gasteiger partial charge on any atom is -0.508 e. The second-order valence-corrected chi connectivity index (χ2v) is 17.3. The lowest BCUT2D eigenvalue weighted by atomic mass is 9.71. The fourth-order valence-electron chi connectivity index (χ4n) is 8.59. The number of phenols is 1. The minimum atomic E-state index is -2.77. The maximum Gasteiger partial charge on any atom is 0.345 e. The predicted molar refractivity (Wildman–Crippen MR) is 268 cm³/mol. The normalized spacial score (nSPS) is 13.1. The van der Waals surface area contributed by atoms with E-state index in [2.05, 4.69) is 23.3 Å².